The van der Waals surface area contributed by atoms with Gasteiger partial charge in [0.05, 0.1) is 0 Å². The van der Waals surface area contributed by atoms with Gasteiger partial charge in [0.25, 0.3) is 0 Å². The number of hydrogen-bond donors (Lipinski definition) is 0. The van der Waals surface area contributed by atoms with Crippen molar-refractivity contribution >= 4 is 17.1 Å². The lowest BCUT2D eigenvalue weighted by atomic mass is 9.43. The Balaban J connectivity index is 0.984. The van der Waals surface area contributed by atoms with Crippen molar-refractivity contribution < 1.29 is 0 Å². The molecule has 57 heavy (non-hydrogen) atoms. The summed E-state index contributed by atoms with van der Waals surface area (Å²) in [6.07, 6.45) is 12.7. The van der Waals surface area contributed by atoms with E-state index < -0.39 is 0 Å². The zero-order chi connectivity index (χ0) is 37.4. The molecule has 15 rings (SSSR count). The average Bonchev–Trinajstić information content (AvgIpc) is 4.03. The van der Waals surface area contributed by atoms with Gasteiger partial charge in [0.15, 0.2) is 0 Å². The lowest BCUT2D eigenvalue weighted by Crippen LogP contribution is -2.55. The van der Waals surface area contributed by atoms with Gasteiger partial charge in [0.1, 0.15) is 0 Å². The standard InChI is InChI=1S/C56H51N/c1-54(2)48-12-6-3-9-42(48)45-29-39(17-20-49(45)54)57(40-18-21-51-46(30-40)43-10-4-7-13-50(43)55(51)32-33-15-16-36(55)24-33)41-19-22-53-47(31-41)44-11-5-8-14-52(44)56(53)37-25-34-23-35(27-37)28-38(56)26-34/h3-14,17-22,29-31,33-38H,15-16,23-28,32H2,1-2H3. The van der Waals surface area contributed by atoms with Crippen molar-refractivity contribution in [3.8, 4) is 33.4 Å². The summed E-state index contributed by atoms with van der Waals surface area (Å²) >= 11 is 0. The van der Waals surface area contributed by atoms with E-state index in [1.807, 2.05) is 0 Å². The monoisotopic (exact) mass is 737 g/mol. The van der Waals surface area contributed by atoms with Gasteiger partial charge in [-0.15, -0.1) is 0 Å². The maximum absolute atomic E-state index is 2.62. The molecule has 0 aliphatic heterocycles. The number of fused-ring (bicyclic) bond motifs is 14. The van der Waals surface area contributed by atoms with Gasteiger partial charge in [-0.2, -0.15) is 0 Å². The van der Waals surface area contributed by atoms with E-state index in [0.717, 1.165) is 35.5 Å². The van der Waals surface area contributed by atoms with Crippen LogP contribution in [0.3, 0.4) is 0 Å². The Morgan fingerprint density at radius 1 is 0.404 bits per heavy atom. The number of benzene rings is 6. The van der Waals surface area contributed by atoms with Crippen molar-refractivity contribution in [1.29, 1.82) is 0 Å². The summed E-state index contributed by atoms with van der Waals surface area (Å²) in [6, 6.07) is 51.0. The van der Waals surface area contributed by atoms with Crippen LogP contribution in [0.1, 0.15) is 105 Å². The molecule has 0 saturated heterocycles. The SMILES string of the molecule is CC1(C)c2ccccc2-c2cc(N(c3ccc4c(c3)-c3ccccc3C43CC4CCC3C4)c3ccc4c(c3)-c3ccccc3C43C4CC5CC(C4)CC3C5)ccc21. The van der Waals surface area contributed by atoms with Crippen molar-refractivity contribution in [2.75, 3.05) is 4.90 Å². The zero-order valence-corrected chi connectivity index (χ0v) is 33.4. The van der Waals surface area contributed by atoms with Crippen LogP contribution in [0.4, 0.5) is 17.1 Å². The Labute approximate surface area is 338 Å². The summed E-state index contributed by atoms with van der Waals surface area (Å²) in [5.74, 6) is 5.07. The van der Waals surface area contributed by atoms with Crippen molar-refractivity contribution in [2.24, 2.45) is 35.5 Å². The Hall–Kier alpha value is -4.88. The minimum absolute atomic E-state index is 0.0220. The average molecular weight is 738 g/mol. The molecule has 6 fully saturated rings. The van der Waals surface area contributed by atoms with Crippen LogP contribution >= 0.6 is 0 Å². The second-order valence-corrected chi connectivity index (χ2v) is 20.5. The third-order valence-electron chi connectivity index (χ3n) is 17.9. The van der Waals surface area contributed by atoms with Crippen molar-refractivity contribution in [2.45, 2.75) is 87.9 Å². The second-order valence-electron chi connectivity index (χ2n) is 20.5. The summed E-state index contributed by atoms with van der Waals surface area (Å²) in [5.41, 5.74) is 22.1. The molecular weight excluding hydrogens is 687 g/mol. The van der Waals surface area contributed by atoms with Crippen LogP contribution in [-0.2, 0) is 16.2 Å². The fraction of sp³-hybridized carbons (Fsp3) is 0.357. The van der Waals surface area contributed by atoms with Gasteiger partial charge in [0.2, 0.25) is 0 Å². The molecule has 0 amide bonds. The predicted octanol–water partition coefficient (Wildman–Crippen LogP) is 14.3. The smallest absolute Gasteiger partial charge is 0.0468 e. The molecule has 9 aliphatic carbocycles. The van der Waals surface area contributed by atoms with Gasteiger partial charge in [-0.3, -0.25) is 0 Å². The van der Waals surface area contributed by atoms with Gasteiger partial charge < -0.3 is 4.90 Å². The molecule has 2 spiro atoms. The van der Waals surface area contributed by atoms with Crippen LogP contribution in [0.25, 0.3) is 33.4 Å². The highest BCUT2D eigenvalue weighted by Crippen LogP contribution is 2.70. The van der Waals surface area contributed by atoms with Crippen LogP contribution in [0.5, 0.6) is 0 Å². The van der Waals surface area contributed by atoms with Crippen LogP contribution in [0.2, 0.25) is 0 Å². The first-order chi connectivity index (χ1) is 27.9. The molecule has 3 unspecified atom stereocenters. The molecule has 6 aromatic rings. The predicted molar refractivity (Wildman–Crippen MR) is 234 cm³/mol. The zero-order valence-electron chi connectivity index (χ0n) is 33.4. The maximum Gasteiger partial charge on any atom is 0.0468 e. The lowest BCUT2D eigenvalue weighted by molar-refractivity contribution is -0.0399. The molecule has 9 aliphatic rings. The minimum atomic E-state index is -0.0220. The minimum Gasteiger partial charge on any atom is -0.310 e. The molecule has 1 nitrogen and oxygen atoms in total. The van der Waals surface area contributed by atoms with E-state index >= 15 is 0 Å². The lowest BCUT2D eigenvalue weighted by Gasteiger charge is -2.61. The normalized spacial score (nSPS) is 31.7. The molecule has 0 radical (unpaired) electrons. The van der Waals surface area contributed by atoms with Gasteiger partial charge in [-0.25, -0.2) is 0 Å². The Kier molecular flexibility index (Phi) is 6.08. The van der Waals surface area contributed by atoms with Crippen molar-refractivity contribution in [3.63, 3.8) is 0 Å². The number of anilines is 3. The quantitative estimate of drug-likeness (QED) is 0.175. The highest BCUT2D eigenvalue weighted by atomic mass is 15.1. The Morgan fingerprint density at radius 2 is 0.842 bits per heavy atom. The van der Waals surface area contributed by atoms with E-state index in [1.165, 1.54) is 119 Å². The highest BCUT2D eigenvalue weighted by molar-refractivity contribution is 5.92. The topological polar surface area (TPSA) is 3.24 Å². The molecule has 1 heteroatoms. The first kappa shape index (κ1) is 32.1. The fourth-order valence-electron chi connectivity index (χ4n) is 16.1. The summed E-state index contributed by atoms with van der Waals surface area (Å²) in [6.45, 7) is 4.80. The van der Waals surface area contributed by atoms with Gasteiger partial charge in [0, 0.05) is 33.3 Å². The molecule has 0 aromatic heterocycles. The van der Waals surface area contributed by atoms with Gasteiger partial charge >= 0.3 is 0 Å². The first-order valence-electron chi connectivity index (χ1n) is 22.5. The first-order valence-corrected chi connectivity index (χ1v) is 22.5. The van der Waals surface area contributed by atoms with E-state index in [0.29, 0.717) is 0 Å². The number of hydrogen-bond acceptors (Lipinski definition) is 1. The van der Waals surface area contributed by atoms with Gasteiger partial charge in [-0.05, 0) is 190 Å². The fourth-order valence-corrected chi connectivity index (χ4v) is 16.1. The molecular formula is C56H51N. The van der Waals surface area contributed by atoms with E-state index in [9.17, 15) is 0 Å². The van der Waals surface area contributed by atoms with E-state index in [2.05, 4.69) is 146 Å². The highest BCUT2D eigenvalue weighted by Gasteiger charge is 2.62. The van der Waals surface area contributed by atoms with E-state index in [4.69, 9.17) is 0 Å². The van der Waals surface area contributed by atoms with Crippen molar-refractivity contribution in [3.05, 3.63) is 161 Å². The third-order valence-corrected chi connectivity index (χ3v) is 17.9. The van der Waals surface area contributed by atoms with Crippen LogP contribution in [-0.4, -0.2) is 0 Å². The van der Waals surface area contributed by atoms with E-state index in [-0.39, 0.29) is 16.2 Å². The van der Waals surface area contributed by atoms with Gasteiger partial charge in [-0.1, -0.05) is 111 Å². The molecule has 0 heterocycles. The molecule has 6 saturated carbocycles. The van der Waals surface area contributed by atoms with Crippen LogP contribution in [0, 0.1) is 35.5 Å². The summed E-state index contributed by atoms with van der Waals surface area (Å²) in [7, 11) is 0. The van der Waals surface area contributed by atoms with Crippen LogP contribution in [0.15, 0.2) is 127 Å². The maximum atomic E-state index is 2.62. The number of nitrogens with zero attached hydrogens (tertiary/aromatic N) is 1. The Bertz CT molecular complexity index is 2700. The second kappa shape index (κ2) is 10.8. The molecule has 280 valence electrons. The summed E-state index contributed by atoms with van der Waals surface area (Å²) in [5, 5.41) is 0. The molecule has 6 aromatic carbocycles. The third kappa shape index (κ3) is 3.84. The molecule has 0 N–H and O–H groups in total. The number of rotatable bonds is 3. The van der Waals surface area contributed by atoms with E-state index in [1.54, 1.807) is 22.3 Å². The van der Waals surface area contributed by atoms with Crippen LogP contribution < -0.4 is 4.90 Å². The van der Waals surface area contributed by atoms with Crippen molar-refractivity contribution in [1.82, 2.24) is 0 Å². The largest absolute Gasteiger partial charge is 0.310 e. The molecule has 3 atom stereocenters. The summed E-state index contributed by atoms with van der Waals surface area (Å²) in [4.78, 5) is 2.62. The Morgan fingerprint density at radius 3 is 1.46 bits per heavy atom. The molecule has 6 bridgehead atoms. The summed E-state index contributed by atoms with van der Waals surface area (Å²) < 4.78 is 0.